The first-order valence-electron chi connectivity index (χ1n) is 4.93. The molecule has 2 heteroatoms. The summed E-state index contributed by atoms with van der Waals surface area (Å²) in [4.78, 5) is 0. The Morgan fingerprint density at radius 1 is 1.46 bits per heavy atom. The van der Waals surface area contributed by atoms with Crippen LogP contribution in [0, 0.1) is 6.92 Å². The lowest BCUT2D eigenvalue weighted by molar-refractivity contribution is 0.0748. The van der Waals surface area contributed by atoms with Gasteiger partial charge in [0, 0.05) is 25.0 Å². The minimum Gasteiger partial charge on any atom is -0.379 e. The standard InChI is InChI=1S/C11H19NO/c1-10(2)13-9-5-8-12-7-4-6-11(12)3/h4,6-7,10H,5,8-9H2,1-3H3. The zero-order chi connectivity index (χ0) is 9.68. The Balaban J connectivity index is 2.17. The second-order valence-electron chi connectivity index (χ2n) is 3.62. The van der Waals surface area contributed by atoms with E-state index in [1.54, 1.807) is 0 Å². The molecule has 2 nitrogen and oxygen atoms in total. The summed E-state index contributed by atoms with van der Waals surface area (Å²) < 4.78 is 7.72. The van der Waals surface area contributed by atoms with Crippen LogP contribution in [0.5, 0.6) is 0 Å². The van der Waals surface area contributed by atoms with E-state index < -0.39 is 0 Å². The van der Waals surface area contributed by atoms with Crippen LogP contribution in [0.4, 0.5) is 0 Å². The number of nitrogens with zero attached hydrogens (tertiary/aromatic N) is 1. The molecule has 0 bridgehead atoms. The van der Waals surface area contributed by atoms with E-state index in [1.165, 1.54) is 5.69 Å². The smallest absolute Gasteiger partial charge is 0.0518 e. The zero-order valence-electron chi connectivity index (χ0n) is 8.79. The highest BCUT2D eigenvalue weighted by atomic mass is 16.5. The van der Waals surface area contributed by atoms with Crippen molar-refractivity contribution in [3.8, 4) is 0 Å². The first-order chi connectivity index (χ1) is 6.20. The SMILES string of the molecule is Cc1cccn1CCCOC(C)C. The second kappa shape index (κ2) is 5.07. The molecule has 0 aliphatic carbocycles. The molecule has 0 N–H and O–H groups in total. The van der Waals surface area contributed by atoms with Crippen LogP contribution in [-0.4, -0.2) is 17.3 Å². The van der Waals surface area contributed by atoms with Crippen molar-refractivity contribution in [2.75, 3.05) is 6.61 Å². The molecule has 0 saturated heterocycles. The maximum absolute atomic E-state index is 5.47. The lowest BCUT2D eigenvalue weighted by atomic mass is 10.4. The van der Waals surface area contributed by atoms with Crippen LogP contribution in [0.2, 0.25) is 0 Å². The van der Waals surface area contributed by atoms with E-state index in [4.69, 9.17) is 4.74 Å². The van der Waals surface area contributed by atoms with Crippen molar-refractivity contribution < 1.29 is 4.74 Å². The monoisotopic (exact) mass is 181 g/mol. The third-order valence-corrected chi connectivity index (χ3v) is 2.05. The molecule has 1 heterocycles. The molecule has 13 heavy (non-hydrogen) atoms. The summed E-state index contributed by atoms with van der Waals surface area (Å²) in [6.07, 6.45) is 3.56. The Labute approximate surface area is 80.5 Å². The van der Waals surface area contributed by atoms with Gasteiger partial charge in [0.05, 0.1) is 6.10 Å². The highest BCUT2D eigenvalue weighted by Crippen LogP contribution is 2.01. The molecular weight excluding hydrogens is 162 g/mol. The third-order valence-electron chi connectivity index (χ3n) is 2.05. The number of rotatable bonds is 5. The van der Waals surface area contributed by atoms with Crippen LogP contribution < -0.4 is 0 Å². The molecule has 0 radical (unpaired) electrons. The first-order valence-corrected chi connectivity index (χ1v) is 4.93. The van der Waals surface area contributed by atoms with Crippen molar-refractivity contribution in [3.63, 3.8) is 0 Å². The van der Waals surface area contributed by atoms with Crippen LogP contribution >= 0.6 is 0 Å². The molecule has 74 valence electrons. The number of aryl methyl sites for hydroxylation is 2. The maximum atomic E-state index is 5.47. The van der Waals surface area contributed by atoms with Gasteiger partial charge in [0.1, 0.15) is 0 Å². The summed E-state index contributed by atoms with van der Waals surface area (Å²) >= 11 is 0. The Morgan fingerprint density at radius 3 is 2.77 bits per heavy atom. The highest BCUT2D eigenvalue weighted by Gasteiger charge is 1.96. The molecule has 0 aliphatic heterocycles. The van der Waals surface area contributed by atoms with Crippen molar-refractivity contribution in [1.82, 2.24) is 4.57 Å². The van der Waals surface area contributed by atoms with Crippen LogP contribution in [0.15, 0.2) is 18.3 Å². The Hall–Kier alpha value is -0.760. The topological polar surface area (TPSA) is 14.2 Å². The molecule has 0 unspecified atom stereocenters. The lowest BCUT2D eigenvalue weighted by Gasteiger charge is -2.08. The lowest BCUT2D eigenvalue weighted by Crippen LogP contribution is -2.07. The highest BCUT2D eigenvalue weighted by molar-refractivity contribution is 5.03. The number of hydrogen-bond acceptors (Lipinski definition) is 1. The largest absolute Gasteiger partial charge is 0.379 e. The van der Waals surface area contributed by atoms with Crippen LogP contribution in [-0.2, 0) is 11.3 Å². The molecule has 0 aromatic carbocycles. The number of hydrogen-bond donors (Lipinski definition) is 0. The molecule has 0 spiro atoms. The van der Waals surface area contributed by atoms with Crippen molar-refractivity contribution >= 4 is 0 Å². The van der Waals surface area contributed by atoms with E-state index in [2.05, 4.69) is 43.7 Å². The molecule has 0 atom stereocenters. The van der Waals surface area contributed by atoms with Crippen LogP contribution in [0.3, 0.4) is 0 Å². The molecular formula is C11H19NO. The van der Waals surface area contributed by atoms with Gasteiger partial charge in [-0.25, -0.2) is 0 Å². The van der Waals surface area contributed by atoms with Gasteiger partial charge >= 0.3 is 0 Å². The zero-order valence-corrected chi connectivity index (χ0v) is 8.79. The Morgan fingerprint density at radius 2 is 2.23 bits per heavy atom. The van der Waals surface area contributed by atoms with Gasteiger partial charge in [-0.3, -0.25) is 0 Å². The van der Waals surface area contributed by atoms with E-state index in [9.17, 15) is 0 Å². The van der Waals surface area contributed by atoms with Crippen LogP contribution in [0.1, 0.15) is 26.0 Å². The average molecular weight is 181 g/mol. The minimum absolute atomic E-state index is 0.353. The summed E-state index contributed by atoms with van der Waals surface area (Å²) in [5.74, 6) is 0. The fraction of sp³-hybridized carbons (Fsp3) is 0.636. The van der Waals surface area contributed by atoms with E-state index >= 15 is 0 Å². The third kappa shape index (κ3) is 3.64. The normalized spacial score (nSPS) is 11.1. The molecule has 1 rings (SSSR count). The minimum atomic E-state index is 0.353. The first kappa shape index (κ1) is 10.3. The predicted octanol–water partition coefficient (Wildman–Crippen LogP) is 2.61. The molecule has 0 amide bonds. The second-order valence-corrected chi connectivity index (χ2v) is 3.62. The van der Waals surface area contributed by atoms with E-state index in [0.29, 0.717) is 6.10 Å². The van der Waals surface area contributed by atoms with Gasteiger partial charge in [-0.1, -0.05) is 0 Å². The number of aromatic nitrogens is 1. The van der Waals surface area contributed by atoms with Gasteiger partial charge < -0.3 is 9.30 Å². The fourth-order valence-corrected chi connectivity index (χ4v) is 1.30. The van der Waals surface area contributed by atoms with E-state index in [-0.39, 0.29) is 0 Å². The summed E-state index contributed by atoms with van der Waals surface area (Å²) in [6.45, 7) is 8.19. The van der Waals surface area contributed by atoms with Crippen LogP contribution in [0.25, 0.3) is 0 Å². The predicted molar refractivity (Wildman–Crippen MR) is 54.9 cm³/mol. The van der Waals surface area contributed by atoms with Crippen molar-refractivity contribution in [2.45, 2.75) is 39.8 Å². The number of ether oxygens (including phenoxy) is 1. The summed E-state index contributed by atoms with van der Waals surface area (Å²) in [7, 11) is 0. The molecule has 0 fully saturated rings. The van der Waals surface area contributed by atoms with E-state index in [1.807, 2.05) is 0 Å². The summed E-state index contributed by atoms with van der Waals surface area (Å²) in [5.41, 5.74) is 1.32. The van der Waals surface area contributed by atoms with Crippen molar-refractivity contribution in [1.29, 1.82) is 0 Å². The van der Waals surface area contributed by atoms with Gasteiger partial charge in [-0.2, -0.15) is 0 Å². The van der Waals surface area contributed by atoms with Gasteiger partial charge in [0.25, 0.3) is 0 Å². The van der Waals surface area contributed by atoms with E-state index in [0.717, 1.165) is 19.6 Å². The van der Waals surface area contributed by atoms with Gasteiger partial charge in [-0.15, -0.1) is 0 Å². The average Bonchev–Trinajstić information content (AvgIpc) is 2.45. The van der Waals surface area contributed by atoms with Gasteiger partial charge in [0.15, 0.2) is 0 Å². The maximum Gasteiger partial charge on any atom is 0.0518 e. The van der Waals surface area contributed by atoms with Crippen molar-refractivity contribution in [2.24, 2.45) is 0 Å². The quantitative estimate of drug-likeness (QED) is 0.637. The van der Waals surface area contributed by atoms with Crippen molar-refractivity contribution in [3.05, 3.63) is 24.0 Å². The Kier molecular flexibility index (Phi) is 4.03. The Bertz CT molecular complexity index is 240. The summed E-state index contributed by atoms with van der Waals surface area (Å²) in [5, 5.41) is 0. The molecule has 1 aromatic rings. The molecule has 1 aromatic heterocycles. The fourth-order valence-electron chi connectivity index (χ4n) is 1.30. The van der Waals surface area contributed by atoms with Gasteiger partial charge in [-0.05, 0) is 39.3 Å². The molecule has 0 aliphatic rings. The summed E-state index contributed by atoms with van der Waals surface area (Å²) in [6, 6.07) is 4.21. The van der Waals surface area contributed by atoms with Gasteiger partial charge in [0.2, 0.25) is 0 Å². The molecule has 0 saturated carbocycles.